The van der Waals surface area contributed by atoms with E-state index in [-0.39, 0.29) is 43.6 Å². The number of aryl methyl sites for hydroxylation is 2. The molecule has 0 aliphatic heterocycles. The van der Waals surface area contributed by atoms with E-state index in [1.807, 2.05) is 56.3 Å². The van der Waals surface area contributed by atoms with Crippen molar-refractivity contribution >= 4 is 74.5 Å². The fourth-order valence-corrected chi connectivity index (χ4v) is 6.32. The van der Waals surface area contributed by atoms with Crippen molar-refractivity contribution in [2.75, 3.05) is 5.73 Å². The van der Waals surface area contributed by atoms with E-state index in [1.54, 1.807) is 29.1 Å². The van der Waals surface area contributed by atoms with E-state index in [2.05, 4.69) is 30.2 Å². The number of amides is 3. The molecule has 0 unspecified atom stereocenters. The number of hydrogen-bond acceptors (Lipinski definition) is 10. The van der Waals surface area contributed by atoms with Crippen LogP contribution in [-0.4, -0.2) is 62.9 Å². The lowest BCUT2D eigenvalue weighted by molar-refractivity contribution is 0.0690. The number of primary amides is 2. The third-order valence-corrected chi connectivity index (χ3v) is 8.99. The Bertz CT molecular complexity index is 2670. The normalized spacial score (nSPS) is 10.7. The molecule has 0 saturated heterocycles. The highest BCUT2D eigenvalue weighted by Gasteiger charge is 2.20. The molecule has 2 aromatic carbocycles. The predicted octanol–water partition coefficient (Wildman–Crippen LogP) is 5.32. The second-order valence-corrected chi connectivity index (χ2v) is 13.5. The molecule has 0 fully saturated rings. The van der Waals surface area contributed by atoms with Crippen molar-refractivity contribution in [3.63, 3.8) is 0 Å². The number of aromatic carboxylic acids is 1. The fraction of sp³-hybridized carbons (Fsp3) is 0.154. The monoisotopic (exact) mass is 809 g/mol. The number of nitrogens with two attached hydrogens (primary N) is 3. The van der Waals surface area contributed by atoms with Gasteiger partial charge >= 0.3 is 5.97 Å². The van der Waals surface area contributed by atoms with E-state index < -0.39 is 23.7 Å². The number of rotatable bonds is 10. The number of nitrogens with zero attached hydrogens (tertiary/aromatic N) is 7. The fourth-order valence-electron chi connectivity index (χ4n) is 5.99. The molecule has 0 aliphatic carbocycles. The summed E-state index contributed by atoms with van der Waals surface area (Å²) in [7, 11) is 0. The van der Waals surface area contributed by atoms with Gasteiger partial charge in [-0.05, 0) is 78.6 Å². The molecular weight excluding hydrogens is 773 g/mol. The Morgan fingerprint density at radius 1 is 0.737 bits per heavy atom. The summed E-state index contributed by atoms with van der Waals surface area (Å²) in [4.78, 5) is 67.8. The van der Waals surface area contributed by atoms with Crippen LogP contribution in [0.5, 0.6) is 0 Å². The molecule has 0 spiro atoms. The quantitative estimate of drug-likeness (QED) is 0.118. The first-order chi connectivity index (χ1) is 26.6. The smallest absolute Gasteiger partial charge is 0.356 e. The predicted molar refractivity (Wildman–Crippen MR) is 216 cm³/mol. The van der Waals surface area contributed by atoms with Crippen molar-refractivity contribution in [2.24, 2.45) is 11.5 Å². The van der Waals surface area contributed by atoms with Crippen LogP contribution in [0.15, 0.2) is 79.4 Å². The van der Waals surface area contributed by atoms with Crippen LogP contribution in [0.1, 0.15) is 77.6 Å². The molecule has 0 bridgehead atoms. The van der Waals surface area contributed by atoms with E-state index in [0.29, 0.717) is 22.4 Å². The second-order valence-electron chi connectivity index (χ2n) is 12.7. The molecule has 5 aromatic heterocycles. The van der Waals surface area contributed by atoms with E-state index in [1.165, 1.54) is 17.0 Å². The first-order valence-corrected chi connectivity index (χ1v) is 17.5. The highest BCUT2D eigenvalue weighted by Crippen LogP contribution is 2.21. The number of carbonyl (C=O) groups excluding carboxylic acids is 3. The number of fused-ring (bicyclic) bond motifs is 2. The van der Waals surface area contributed by atoms with Crippen molar-refractivity contribution in [1.29, 1.82) is 0 Å². The summed E-state index contributed by atoms with van der Waals surface area (Å²) in [6, 6.07) is 16.5. The maximum absolute atomic E-state index is 12.8. The van der Waals surface area contributed by atoms with E-state index in [4.69, 9.17) is 45.5 Å². The maximum atomic E-state index is 12.8. The van der Waals surface area contributed by atoms with Gasteiger partial charge in [0.1, 0.15) is 11.5 Å². The first kappa shape index (κ1) is 41.3. The number of hydrogen-bond donors (Lipinski definition) is 5. The van der Waals surface area contributed by atoms with E-state index >= 15 is 0 Å². The third-order valence-electron chi connectivity index (χ3n) is 8.58. The van der Waals surface area contributed by atoms with Crippen LogP contribution in [0.25, 0.3) is 21.8 Å². The molecule has 57 heavy (non-hydrogen) atoms. The number of halogens is 2. The van der Waals surface area contributed by atoms with Gasteiger partial charge in [-0.2, -0.15) is 0 Å². The summed E-state index contributed by atoms with van der Waals surface area (Å²) in [5, 5.41) is 14.6. The van der Waals surface area contributed by atoms with Gasteiger partial charge in [0.05, 0.1) is 21.1 Å². The Labute approximate surface area is 335 Å². The van der Waals surface area contributed by atoms with Gasteiger partial charge in [0, 0.05) is 60.9 Å². The van der Waals surface area contributed by atoms with Crippen molar-refractivity contribution in [3.8, 4) is 0 Å². The highest BCUT2D eigenvalue weighted by molar-refractivity contribution is 6.31. The Morgan fingerprint density at radius 2 is 1.23 bits per heavy atom. The number of carboxylic acids is 1. The minimum Gasteiger partial charge on any atom is -0.476 e. The van der Waals surface area contributed by atoms with Crippen LogP contribution in [0, 0.1) is 13.8 Å². The molecule has 0 aliphatic rings. The van der Waals surface area contributed by atoms with Gasteiger partial charge in [-0.25, -0.2) is 19.7 Å². The number of pyridine rings is 3. The number of imidazole rings is 2. The molecule has 0 saturated carbocycles. The zero-order valence-electron chi connectivity index (χ0n) is 29.8. The SMILES string of the molecule is C.Cc1cc(N)nc(C)c1CNC(=O)c1cn(Cc2ccc3ncc(Cl)cc3c2)c(C(N)=O)n1.NC(=O)c1nc(C(=O)O)cn1Cc1ccc2ncc(Cl)cc2c1. The molecule has 8 N–H and O–H groups in total. The lowest BCUT2D eigenvalue weighted by Gasteiger charge is -2.10. The number of aromatic nitrogens is 7. The molecule has 7 rings (SSSR count). The van der Waals surface area contributed by atoms with Crippen LogP contribution >= 0.6 is 23.2 Å². The van der Waals surface area contributed by atoms with Crippen molar-refractivity contribution in [3.05, 3.63) is 140 Å². The van der Waals surface area contributed by atoms with Gasteiger partial charge in [-0.15, -0.1) is 0 Å². The van der Waals surface area contributed by atoms with Gasteiger partial charge in [0.15, 0.2) is 17.3 Å². The largest absolute Gasteiger partial charge is 0.476 e. The van der Waals surface area contributed by atoms with Crippen molar-refractivity contribution in [1.82, 2.24) is 39.4 Å². The van der Waals surface area contributed by atoms with Crippen molar-refractivity contribution in [2.45, 2.75) is 40.9 Å². The Hall–Kier alpha value is -6.91. The van der Waals surface area contributed by atoms with Crippen molar-refractivity contribution < 1.29 is 24.3 Å². The van der Waals surface area contributed by atoms with Crippen LogP contribution < -0.4 is 22.5 Å². The van der Waals surface area contributed by atoms with Crippen LogP contribution in [0.2, 0.25) is 10.0 Å². The van der Waals surface area contributed by atoms with Gasteiger partial charge in [0.25, 0.3) is 17.7 Å². The Balaban J connectivity index is 0.000000227. The highest BCUT2D eigenvalue weighted by atomic mass is 35.5. The van der Waals surface area contributed by atoms with Crippen LogP contribution in [0.3, 0.4) is 0 Å². The summed E-state index contributed by atoms with van der Waals surface area (Å²) in [6.07, 6.45) is 5.93. The van der Waals surface area contributed by atoms with Gasteiger partial charge in [-0.3, -0.25) is 24.4 Å². The Morgan fingerprint density at radius 3 is 1.70 bits per heavy atom. The minimum atomic E-state index is -1.22. The molecular formula is C39H37Cl2N11O5. The van der Waals surface area contributed by atoms with Crippen LogP contribution in [-0.2, 0) is 19.6 Å². The molecule has 3 amide bonds. The average Bonchev–Trinajstić information content (AvgIpc) is 3.76. The molecule has 292 valence electrons. The molecule has 18 heteroatoms. The summed E-state index contributed by atoms with van der Waals surface area (Å²) in [5.74, 6) is -2.85. The van der Waals surface area contributed by atoms with Crippen LogP contribution in [0.4, 0.5) is 5.82 Å². The summed E-state index contributed by atoms with van der Waals surface area (Å²) >= 11 is 12.0. The molecule has 16 nitrogen and oxygen atoms in total. The summed E-state index contributed by atoms with van der Waals surface area (Å²) in [6.45, 7) is 4.53. The number of nitrogens with one attached hydrogen (secondary N) is 1. The number of nitrogen functional groups attached to an aromatic ring is 1. The lowest BCUT2D eigenvalue weighted by Crippen LogP contribution is -2.24. The van der Waals surface area contributed by atoms with Gasteiger partial charge in [0.2, 0.25) is 0 Å². The standard InChI is InChI=1S/C23H22ClN7O2.C15H11ClN4O3.CH4/c1-12-5-20(25)29-13(2)17(12)9-28-23(33)19-11-31(22(30-19)21(26)32)10-14-3-4-18-15(6-14)7-16(24)8-27-18;16-10-4-9-3-8(1-2-11(9)18-5-10)6-20-7-12(15(22)23)19-14(20)13(17)21;/h3-8,11H,9-10H2,1-2H3,(H2,25,29)(H2,26,32)(H,28,33);1-5,7H,6H2,(H2,17,21)(H,22,23);1H4. The Kier molecular flexibility index (Phi) is 12.5. The number of benzene rings is 2. The molecule has 0 radical (unpaired) electrons. The van der Waals surface area contributed by atoms with Gasteiger partial charge in [-0.1, -0.05) is 42.8 Å². The average molecular weight is 811 g/mol. The van der Waals surface area contributed by atoms with E-state index in [0.717, 1.165) is 49.8 Å². The summed E-state index contributed by atoms with van der Waals surface area (Å²) in [5.41, 5.74) is 22.2. The number of carbonyl (C=O) groups is 4. The second kappa shape index (κ2) is 17.3. The maximum Gasteiger partial charge on any atom is 0.356 e. The minimum absolute atomic E-state index is 0. The number of anilines is 1. The van der Waals surface area contributed by atoms with E-state index in [9.17, 15) is 19.2 Å². The summed E-state index contributed by atoms with van der Waals surface area (Å²) < 4.78 is 2.96. The molecule has 7 aromatic rings. The topological polar surface area (TPSA) is 253 Å². The lowest BCUT2D eigenvalue weighted by atomic mass is 10.1. The zero-order chi connectivity index (χ0) is 40.3. The first-order valence-electron chi connectivity index (χ1n) is 16.7. The number of carboxylic acid groups (broad SMARTS) is 1. The molecule has 5 heterocycles. The van der Waals surface area contributed by atoms with Gasteiger partial charge < -0.3 is 36.8 Å². The zero-order valence-corrected chi connectivity index (χ0v) is 31.3. The molecule has 0 atom stereocenters. The third kappa shape index (κ3) is 9.67.